The monoisotopic (exact) mass is 607 g/mol. The number of amides is 1. The minimum absolute atomic E-state index is 0.0210. The molecular weight excluding hydrogens is 567 g/mol. The average Bonchev–Trinajstić information content (AvgIpc) is 3.31. The van der Waals surface area contributed by atoms with Crippen molar-refractivity contribution in [3.8, 4) is 6.07 Å². The Morgan fingerprint density at radius 2 is 1.93 bits per heavy atom. The maximum atomic E-state index is 12.6. The van der Waals surface area contributed by atoms with Crippen molar-refractivity contribution in [1.29, 1.82) is 5.26 Å². The zero-order valence-corrected chi connectivity index (χ0v) is 25.4. The molecule has 3 aromatic rings. The first-order chi connectivity index (χ1) is 21.0. The van der Waals surface area contributed by atoms with E-state index < -0.39 is 12.6 Å². The molecule has 1 aliphatic heterocycles. The van der Waals surface area contributed by atoms with E-state index in [2.05, 4.69) is 55.2 Å². The van der Waals surface area contributed by atoms with Crippen LogP contribution in [0.2, 0.25) is 0 Å². The summed E-state index contributed by atoms with van der Waals surface area (Å²) in [4.78, 5) is 22.7. The topological polar surface area (TPSA) is 98.9 Å². The van der Waals surface area contributed by atoms with E-state index in [1.165, 1.54) is 17.5 Å². The molecule has 2 aromatic heterocycles. The van der Waals surface area contributed by atoms with E-state index in [1.807, 2.05) is 13.0 Å². The first-order valence-corrected chi connectivity index (χ1v) is 15.7. The van der Waals surface area contributed by atoms with E-state index in [1.54, 1.807) is 6.20 Å². The van der Waals surface area contributed by atoms with Crippen LogP contribution in [0.4, 0.5) is 19.0 Å². The largest absolute Gasteiger partial charge is 0.389 e. The highest BCUT2D eigenvalue weighted by Crippen LogP contribution is 2.68. The Hall–Kier alpha value is -3.65. The summed E-state index contributed by atoms with van der Waals surface area (Å²) < 4.78 is 40.0. The van der Waals surface area contributed by atoms with Gasteiger partial charge in [0.2, 0.25) is 5.91 Å². The maximum absolute atomic E-state index is 12.6. The Morgan fingerprint density at radius 3 is 2.61 bits per heavy atom. The molecular formula is C33H40F3N7O. The number of carbonyl (C=O) groups excluding carboxylic acids is 1. The molecule has 0 atom stereocenters. The summed E-state index contributed by atoms with van der Waals surface area (Å²) in [5.41, 5.74) is 5.10. The predicted molar refractivity (Wildman–Crippen MR) is 162 cm³/mol. The van der Waals surface area contributed by atoms with Crippen LogP contribution in [-0.4, -0.2) is 56.2 Å². The van der Waals surface area contributed by atoms with Crippen molar-refractivity contribution in [2.24, 2.45) is 5.41 Å². The third-order valence-corrected chi connectivity index (χ3v) is 9.96. The first-order valence-electron chi connectivity index (χ1n) is 15.7. The maximum Gasteiger partial charge on any atom is 0.389 e. The van der Waals surface area contributed by atoms with Crippen LogP contribution < -0.4 is 10.6 Å². The van der Waals surface area contributed by atoms with Crippen LogP contribution in [-0.2, 0) is 24.3 Å². The molecule has 44 heavy (non-hydrogen) atoms. The third-order valence-electron chi connectivity index (χ3n) is 9.96. The van der Waals surface area contributed by atoms with Crippen molar-refractivity contribution in [3.63, 3.8) is 0 Å². The van der Waals surface area contributed by atoms with Crippen LogP contribution in [0.3, 0.4) is 0 Å². The number of nitrogens with one attached hydrogen (secondary N) is 2. The highest BCUT2D eigenvalue weighted by molar-refractivity contribution is 5.86. The summed E-state index contributed by atoms with van der Waals surface area (Å²) in [7, 11) is 0. The lowest BCUT2D eigenvalue weighted by atomic mass is 9.39. The number of halogens is 3. The van der Waals surface area contributed by atoms with Crippen LogP contribution in [0.15, 0.2) is 30.7 Å². The van der Waals surface area contributed by atoms with Crippen molar-refractivity contribution in [2.75, 3.05) is 18.4 Å². The molecule has 1 amide bonds. The number of carbonyl (C=O) groups is 1. The zero-order chi connectivity index (χ0) is 31.1. The second-order valence-electron chi connectivity index (χ2n) is 13.3. The molecule has 11 heteroatoms. The molecule has 0 radical (unpaired) electrons. The number of piperidine rings is 1. The number of rotatable bonds is 11. The highest BCUT2D eigenvalue weighted by Gasteiger charge is 2.68. The van der Waals surface area contributed by atoms with Crippen LogP contribution in [0.25, 0.3) is 10.9 Å². The lowest BCUT2D eigenvalue weighted by molar-refractivity contribution is -0.171. The average molecular weight is 608 g/mol. The van der Waals surface area contributed by atoms with E-state index in [-0.39, 0.29) is 35.7 Å². The number of aromatic nitrogens is 3. The molecule has 8 nitrogen and oxygen atoms in total. The van der Waals surface area contributed by atoms with Crippen molar-refractivity contribution >= 4 is 22.6 Å². The van der Waals surface area contributed by atoms with Gasteiger partial charge in [-0.2, -0.15) is 18.4 Å². The molecule has 4 aliphatic rings. The lowest BCUT2D eigenvalue weighted by Crippen LogP contribution is -2.75. The van der Waals surface area contributed by atoms with Gasteiger partial charge in [-0.05, 0) is 80.5 Å². The molecule has 1 aromatic carbocycles. The van der Waals surface area contributed by atoms with Crippen LogP contribution in [0.5, 0.6) is 0 Å². The summed E-state index contributed by atoms with van der Waals surface area (Å²) in [6, 6.07) is 8.99. The highest BCUT2D eigenvalue weighted by atomic mass is 19.4. The number of nitriles is 1. The SMILES string of the molecule is CCC(=O)NC12CC(Cn3c(C#N)cc4c(C)c(CN5CCC(Nc6ncncc6CCCC(F)(F)F)CC5)ccc43)(C1)C2. The fourth-order valence-electron chi connectivity index (χ4n) is 7.79. The van der Waals surface area contributed by atoms with E-state index in [4.69, 9.17) is 0 Å². The van der Waals surface area contributed by atoms with Gasteiger partial charge in [0.05, 0.1) is 0 Å². The first kappa shape index (κ1) is 30.4. The number of alkyl halides is 3. The van der Waals surface area contributed by atoms with Crippen molar-refractivity contribution in [1.82, 2.24) is 24.8 Å². The molecule has 3 heterocycles. The molecule has 3 saturated carbocycles. The van der Waals surface area contributed by atoms with Crippen LogP contribution in [0, 0.1) is 23.7 Å². The molecule has 0 unspecified atom stereocenters. The fourth-order valence-corrected chi connectivity index (χ4v) is 7.79. The van der Waals surface area contributed by atoms with E-state index >= 15 is 0 Å². The van der Waals surface area contributed by atoms with Crippen molar-refractivity contribution in [3.05, 3.63) is 53.1 Å². The summed E-state index contributed by atoms with van der Waals surface area (Å²) in [6.45, 7) is 7.44. The van der Waals surface area contributed by atoms with Gasteiger partial charge in [0.15, 0.2) is 0 Å². The van der Waals surface area contributed by atoms with Crippen LogP contribution in [0.1, 0.15) is 80.7 Å². The molecule has 2 bridgehead atoms. The van der Waals surface area contributed by atoms with Crippen LogP contribution >= 0.6 is 0 Å². The summed E-state index contributed by atoms with van der Waals surface area (Å²) in [6.07, 6.45) is 3.66. The Labute approximate surface area is 256 Å². The Balaban J connectivity index is 1.06. The fraction of sp³-hybridized carbons (Fsp3) is 0.576. The second-order valence-corrected chi connectivity index (χ2v) is 13.3. The van der Waals surface area contributed by atoms with Gasteiger partial charge in [0, 0.05) is 73.3 Å². The van der Waals surface area contributed by atoms with Gasteiger partial charge in [-0.3, -0.25) is 9.69 Å². The molecule has 2 N–H and O–H groups in total. The Bertz CT molecular complexity index is 1560. The zero-order valence-electron chi connectivity index (χ0n) is 25.4. The van der Waals surface area contributed by atoms with Crippen molar-refractivity contribution < 1.29 is 18.0 Å². The number of aryl methyl sites for hydroxylation is 2. The quantitative estimate of drug-likeness (QED) is 0.277. The lowest BCUT2D eigenvalue weighted by Gasteiger charge is -2.70. The van der Waals surface area contributed by atoms with Gasteiger partial charge in [0.1, 0.15) is 23.9 Å². The number of likely N-dealkylation sites (tertiary alicyclic amines) is 1. The Kier molecular flexibility index (Phi) is 8.07. The number of hydrogen-bond donors (Lipinski definition) is 2. The van der Waals surface area contributed by atoms with Gasteiger partial charge < -0.3 is 15.2 Å². The summed E-state index contributed by atoms with van der Waals surface area (Å²) in [5.74, 6) is 0.753. The van der Waals surface area contributed by atoms with Gasteiger partial charge in [-0.15, -0.1) is 0 Å². The molecule has 234 valence electrons. The predicted octanol–water partition coefficient (Wildman–Crippen LogP) is 6.02. The smallest absolute Gasteiger partial charge is 0.367 e. The third kappa shape index (κ3) is 6.14. The van der Waals surface area contributed by atoms with Gasteiger partial charge in [-0.1, -0.05) is 13.0 Å². The summed E-state index contributed by atoms with van der Waals surface area (Å²) >= 11 is 0. The normalized spacial score (nSPS) is 23.5. The van der Waals surface area contributed by atoms with E-state index in [0.717, 1.165) is 74.7 Å². The van der Waals surface area contributed by atoms with E-state index in [9.17, 15) is 23.2 Å². The van der Waals surface area contributed by atoms with E-state index in [0.29, 0.717) is 17.9 Å². The minimum atomic E-state index is -4.16. The molecule has 7 rings (SSSR count). The molecule has 3 aliphatic carbocycles. The summed E-state index contributed by atoms with van der Waals surface area (Å²) in [5, 5.41) is 17.8. The second kappa shape index (κ2) is 11.7. The molecule has 0 spiro atoms. The number of hydrogen-bond acceptors (Lipinski definition) is 6. The number of benzene rings is 1. The number of fused-ring (bicyclic) bond motifs is 1. The van der Waals surface area contributed by atoms with Gasteiger partial charge in [-0.25, -0.2) is 9.97 Å². The van der Waals surface area contributed by atoms with Gasteiger partial charge >= 0.3 is 6.18 Å². The molecule has 4 fully saturated rings. The Morgan fingerprint density at radius 1 is 1.18 bits per heavy atom. The van der Waals surface area contributed by atoms with Gasteiger partial charge in [0.25, 0.3) is 0 Å². The number of nitrogens with zero attached hydrogens (tertiary/aromatic N) is 5. The molecule has 1 saturated heterocycles. The van der Waals surface area contributed by atoms with Crippen molar-refractivity contribution in [2.45, 2.75) is 102 Å². The standard InChI is InChI=1S/C33H40F3N7O/c1-3-29(44)41-32-17-31(18-32,19-32)20-43-26(14-37)13-27-22(2)24(6-7-28(27)43)16-42-11-8-25(9-12-42)40-30-23(15-38-21-39-30)5-4-10-33(34,35)36/h6-7,13,15,21,25H,3-5,8-12,16-20H2,1-2H3,(H,41,44)(H,38,39,40). The number of anilines is 1. The minimum Gasteiger partial charge on any atom is -0.367 e.